The standard InChI is InChI=1S/C61H118O6/c1-4-7-10-13-16-18-20-21-22-23-24-25-26-27-28-29-30-31-32-33-34-35-36-37-38-39-41-42-45-48-51-54-60(63)66-57-58(56-65-59(62)53-50-47-44-15-12-9-6-3)67-61(64)55-52-49-46-43-40-19-17-14-11-8-5-2/h58H,4-57H2,1-3H3. The first-order valence-electron chi connectivity index (χ1n) is 30.5. The van der Waals surface area contributed by atoms with Gasteiger partial charge in [-0.15, -0.1) is 0 Å². The van der Waals surface area contributed by atoms with E-state index >= 15 is 0 Å². The van der Waals surface area contributed by atoms with Crippen molar-refractivity contribution in [1.82, 2.24) is 0 Å². The number of rotatable bonds is 57. The Kier molecular flexibility index (Phi) is 55.6. The van der Waals surface area contributed by atoms with Crippen molar-refractivity contribution in [2.75, 3.05) is 13.2 Å². The van der Waals surface area contributed by atoms with Crippen molar-refractivity contribution in [3.63, 3.8) is 0 Å². The highest BCUT2D eigenvalue weighted by atomic mass is 16.6. The van der Waals surface area contributed by atoms with E-state index < -0.39 is 6.10 Å². The average molecular weight is 948 g/mol. The Labute approximate surface area is 418 Å². The van der Waals surface area contributed by atoms with E-state index in [0.29, 0.717) is 19.3 Å². The smallest absolute Gasteiger partial charge is 0.306 e. The molecule has 0 aliphatic rings. The number of hydrogen-bond donors (Lipinski definition) is 0. The molecular weight excluding hydrogens is 829 g/mol. The second kappa shape index (κ2) is 57.0. The quantitative estimate of drug-likeness (QED) is 0.0343. The van der Waals surface area contributed by atoms with Gasteiger partial charge in [-0.1, -0.05) is 316 Å². The summed E-state index contributed by atoms with van der Waals surface area (Å²) in [5, 5.41) is 0. The van der Waals surface area contributed by atoms with Crippen molar-refractivity contribution in [2.24, 2.45) is 0 Å². The van der Waals surface area contributed by atoms with Crippen molar-refractivity contribution in [2.45, 2.75) is 361 Å². The maximum atomic E-state index is 12.7. The first-order valence-corrected chi connectivity index (χ1v) is 30.5. The van der Waals surface area contributed by atoms with Crippen LogP contribution >= 0.6 is 0 Å². The summed E-state index contributed by atoms with van der Waals surface area (Å²) in [6.07, 6.45) is 64.4. The topological polar surface area (TPSA) is 78.9 Å². The average Bonchev–Trinajstić information content (AvgIpc) is 3.33. The molecule has 0 radical (unpaired) electrons. The Morgan fingerprint density at radius 3 is 0.597 bits per heavy atom. The molecule has 0 bridgehead atoms. The highest BCUT2D eigenvalue weighted by Crippen LogP contribution is 2.18. The van der Waals surface area contributed by atoms with Crippen molar-refractivity contribution in [3.05, 3.63) is 0 Å². The maximum absolute atomic E-state index is 12.7. The predicted molar refractivity (Wildman–Crippen MR) is 289 cm³/mol. The zero-order valence-corrected chi connectivity index (χ0v) is 45.7. The van der Waals surface area contributed by atoms with Gasteiger partial charge in [0.1, 0.15) is 13.2 Å². The minimum atomic E-state index is -0.759. The van der Waals surface area contributed by atoms with Crippen LogP contribution in [-0.4, -0.2) is 37.2 Å². The Bertz CT molecular complexity index is 998. The molecule has 6 heteroatoms. The molecule has 0 rings (SSSR count). The summed E-state index contributed by atoms with van der Waals surface area (Å²) < 4.78 is 16.8. The Balaban J connectivity index is 3.88. The molecule has 67 heavy (non-hydrogen) atoms. The van der Waals surface area contributed by atoms with Crippen LogP contribution in [0.5, 0.6) is 0 Å². The van der Waals surface area contributed by atoms with E-state index in [1.54, 1.807) is 0 Å². The van der Waals surface area contributed by atoms with Crippen molar-refractivity contribution < 1.29 is 28.6 Å². The summed E-state index contributed by atoms with van der Waals surface area (Å²) >= 11 is 0. The lowest BCUT2D eigenvalue weighted by molar-refractivity contribution is -0.167. The van der Waals surface area contributed by atoms with Crippen molar-refractivity contribution >= 4 is 17.9 Å². The second-order valence-corrected chi connectivity index (χ2v) is 21.0. The SMILES string of the molecule is CCCCCCCCCCCCCCCCCCCCCCCCCCCCCCCCCC(=O)OCC(COC(=O)CCCCCCCCC)OC(=O)CCCCCCCCCCCCC. The summed E-state index contributed by atoms with van der Waals surface area (Å²) in [6, 6.07) is 0. The monoisotopic (exact) mass is 947 g/mol. The van der Waals surface area contributed by atoms with Crippen LogP contribution in [0.4, 0.5) is 0 Å². The molecule has 0 saturated heterocycles. The minimum Gasteiger partial charge on any atom is -0.462 e. The van der Waals surface area contributed by atoms with Crippen LogP contribution in [0.15, 0.2) is 0 Å². The van der Waals surface area contributed by atoms with Crippen LogP contribution in [0.25, 0.3) is 0 Å². The van der Waals surface area contributed by atoms with E-state index in [2.05, 4.69) is 20.8 Å². The van der Waals surface area contributed by atoms with Crippen LogP contribution in [0, 0.1) is 0 Å². The summed E-state index contributed by atoms with van der Waals surface area (Å²) in [5.74, 6) is -0.847. The van der Waals surface area contributed by atoms with Gasteiger partial charge in [0.05, 0.1) is 0 Å². The number of esters is 3. The number of unbranched alkanes of at least 4 members (excludes halogenated alkanes) is 46. The van der Waals surface area contributed by atoms with Gasteiger partial charge >= 0.3 is 17.9 Å². The third-order valence-electron chi connectivity index (χ3n) is 14.1. The Morgan fingerprint density at radius 2 is 0.403 bits per heavy atom. The Hall–Kier alpha value is -1.59. The molecule has 6 nitrogen and oxygen atoms in total. The highest BCUT2D eigenvalue weighted by Gasteiger charge is 2.19. The summed E-state index contributed by atoms with van der Waals surface area (Å²) in [5.41, 5.74) is 0. The molecule has 0 aliphatic carbocycles. The van der Waals surface area contributed by atoms with Gasteiger partial charge < -0.3 is 14.2 Å². The largest absolute Gasteiger partial charge is 0.462 e. The lowest BCUT2D eigenvalue weighted by Gasteiger charge is -2.18. The van der Waals surface area contributed by atoms with E-state index in [-0.39, 0.29) is 31.1 Å². The third-order valence-corrected chi connectivity index (χ3v) is 14.1. The zero-order valence-electron chi connectivity index (χ0n) is 45.7. The van der Waals surface area contributed by atoms with Gasteiger partial charge in [0.15, 0.2) is 6.10 Å². The van der Waals surface area contributed by atoms with Crippen molar-refractivity contribution in [1.29, 1.82) is 0 Å². The molecule has 398 valence electrons. The first kappa shape index (κ1) is 65.4. The van der Waals surface area contributed by atoms with E-state index in [9.17, 15) is 14.4 Å². The maximum Gasteiger partial charge on any atom is 0.306 e. The molecule has 0 heterocycles. The molecule has 0 aliphatic heterocycles. The molecule has 1 unspecified atom stereocenters. The normalized spacial score (nSPS) is 11.9. The van der Waals surface area contributed by atoms with Gasteiger partial charge in [0.2, 0.25) is 0 Å². The molecule has 0 N–H and O–H groups in total. The predicted octanol–water partition coefficient (Wildman–Crippen LogP) is 20.3. The van der Waals surface area contributed by atoms with Crippen LogP contribution in [0.2, 0.25) is 0 Å². The third kappa shape index (κ3) is 55.2. The first-order chi connectivity index (χ1) is 33.0. The van der Waals surface area contributed by atoms with Gasteiger partial charge in [-0.3, -0.25) is 14.4 Å². The fourth-order valence-corrected chi connectivity index (χ4v) is 9.51. The number of carbonyl (C=O) groups excluding carboxylic acids is 3. The van der Waals surface area contributed by atoms with Crippen LogP contribution in [0.3, 0.4) is 0 Å². The van der Waals surface area contributed by atoms with Gasteiger partial charge in [-0.05, 0) is 19.3 Å². The Morgan fingerprint density at radius 1 is 0.239 bits per heavy atom. The highest BCUT2D eigenvalue weighted by molar-refractivity contribution is 5.71. The summed E-state index contributed by atoms with van der Waals surface area (Å²) in [6.45, 7) is 6.65. The molecule has 0 aromatic rings. The van der Waals surface area contributed by atoms with Gasteiger partial charge in [0, 0.05) is 19.3 Å². The fraction of sp³-hybridized carbons (Fsp3) is 0.951. The minimum absolute atomic E-state index is 0.0624. The zero-order chi connectivity index (χ0) is 48.6. The van der Waals surface area contributed by atoms with Gasteiger partial charge in [-0.25, -0.2) is 0 Å². The number of ether oxygens (including phenoxy) is 3. The molecule has 0 saturated carbocycles. The summed E-state index contributed by atoms with van der Waals surface area (Å²) in [7, 11) is 0. The van der Waals surface area contributed by atoms with E-state index in [4.69, 9.17) is 14.2 Å². The van der Waals surface area contributed by atoms with E-state index in [1.165, 1.54) is 257 Å². The summed E-state index contributed by atoms with van der Waals surface area (Å²) in [4.78, 5) is 37.8. The van der Waals surface area contributed by atoms with Crippen LogP contribution in [0.1, 0.15) is 355 Å². The molecule has 1 atom stereocenters. The molecular formula is C61H118O6. The molecule has 0 spiro atoms. The number of carbonyl (C=O) groups is 3. The number of hydrogen-bond acceptors (Lipinski definition) is 6. The van der Waals surface area contributed by atoms with Gasteiger partial charge in [-0.2, -0.15) is 0 Å². The molecule has 0 aromatic carbocycles. The van der Waals surface area contributed by atoms with E-state index in [1.807, 2.05) is 0 Å². The molecule has 0 fully saturated rings. The lowest BCUT2D eigenvalue weighted by atomic mass is 10.0. The van der Waals surface area contributed by atoms with Crippen molar-refractivity contribution in [3.8, 4) is 0 Å². The lowest BCUT2D eigenvalue weighted by Crippen LogP contribution is -2.30. The van der Waals surface area contributed by atoms with Crippen LogP contribution < -0.4 is 0 Å². The second-order valence-electron chi connectivity index (χ2n) is 21.0. The molecule has 0 amide bonds. The van der Waals surface area contributed by atoms with Crippen LogP contribution in [-0.2, 0) is 28.6 Å². The fourth-order valence-electron chi connectivity index (χ4n) is 9.51. The van der Waals surface area contributed by atoms with E-state index in [0.717, 1.165) is 57.8 Å². The van der Waals surface area contributed by atoms with Gasteiger partial charge in [0.25, 0.3) is 0 Å². The molecule has 0 aromatic heterocycles.